The molecule has 1 aliphatic rings. The highest BCUT2D eigenvalue weighted by atomic mass is 79.9. The number of hydrogen-bond acceptors (Lipinski definition) is 6. The first-order valence-electron chi connectivity index (χ1n) is 13.6. The summed E-state index contributed by atoms with van der Waals surface area (Å²) < 4.78 is 6.68. The van der Waals surface area contributed by atoms with Crippen LogP contribution in [0.5, 0.6) is 5.75 Å². The van der Waals surface area contributed by atoms with Crippen molar-refractivity contribution in [2.24, 2.45) is 0 Å². The Hall–Kier alpha value is -4.28. The first kappa shape index (κ1) is 29.2. The van der Waals surface area contributed by atoms with Crippen LogP contribution >= 0.6 is 15.9 Å². The van der Waals surface area contributed by atoms with E-state index in [1.54, 1.807) is 49.3 Å². The fourth-order valence-electron chi connectivity index (χ4n) is 5.15. The number of carbonyl (C=O) groups is 3. The summed E-state index contributed by atoms with van der Waals surface area (Å²) in [5, 5.41) is 7.72. The minimum absolute atomic E-state index is 0.0206. The molecule has 4 aromatic rings. The van der Waals surface area contributed by atoms with E-state index in [1.807, 2.05) is 60.7 Å². The van der Waals surface area contributed by atoms with E-state index >= 15 is 0 Å². The second-order valence-corrected chi connectivity index (χ2v) is 11.1. The zero-order valence-electron chi connectivity index (χ0n) is 23.6. The largest absolute Gasteiger partial charge is 0.496 e. The second-order valence-electron chi connectivity index (χ2n) is 10.1. The number of carbonyl (C=O) groups excluding carboxylic acids is 3. The Labute approximate surface area is 253 Å². The molecule has 0 bridgehead atoms. The van der Waals surface area contributed by atoms with Gasteiger partial charge in [0.15, 0.2) is 0 Å². The normalized spacial score (nSPS) is 15.6. The molecule has 9 nitrogen and oxygen atoms in total. The van der Waals surface area contributed by atoms with Crippen LogP contribution in [0.3, 0.4) is 0 Å². The van der Waals surface area contributed by atoms with E-state index in [1.165, 1.54) is 0 Å². The van der Waals surface area contributed by atoms with Crippen molar-refractivity contribution in [3.63, 3.8) is 0 Å². The number of anilines is 2. The molecule has 216 valence electrons. The standard InChI is InChI=1S/C32H32BrN5O4/c1-20(34-2)31(40)36-26-19-37(30(39)15-21-7-6-14-35-17-21)27-8-4-5-9-28(27)38(32(26)41)18-25-24-12-11-23(33)16-22(24)10-13-29(25)42-3/h4-14,16-17,20,26,34H,15,18-19H2,1-3H3,(H,36,40)/t20-,26?/m0/s1. The van der Waals surface area contributed by atoms with Crippen LogP contribution in [0.1, 0.15) is 18.1 Å². The highest BCUT2D eigenvalue weighted by Gasteiger charge is 2.37. The van der Waals surface area contributed by atoms with Gasteiger partial charge in [0.1, 0.15) is 11.8 Å². The summed E-state index contributed by atoms with van der Waals surface area (Å²) in [4.78, 5) is 48.6. The monoisotopic (exact) mass is 629 g/mol. The predicted octanol–water partition coefficient (Wildman–Crippen LogP) is 4.22. The van der Waals surface area contributed by atoms with Crippen molar-refractivity contribution in [1.29, 1.82) is 0 Å². The number of fused-ring (bicyclic) bond motifs is 2. The van der Waals surface area contributed by atoms with Crippen molar-refractivity contribution >= 4 is 55.8 Å². The van der Waals surface area contributed by atoms with E-state index in [2.05, 4.69) is 31.5 Å². The van der Waals surface area contributed by atoms with Crippen LogP contribution in [0.2, 0.25) is 0 Å². The molecule has 0 spiro atoms. The number of benzene rings is 3. The summed E-state index contributed by atoms with van der Waals surface area (Å²) >= 11 is 3.54. The average molecular weight is 631 g/mol. The Morgan fingerprint density at radius 3 is 2.60 bits per heavy atom. The zero-order chi connectivity index (χ0) is 29.8. The van der Waals surface area contributed by atoms with E-state index in [0.29, 0.717) is 17.1 Å². The second kappa shape index (κ2) is 12.7. The molecule has 2 N–H and O–H groups in total. The lowest BCUT2D eigenvalue weighted by atomic mass is 10.0. The van der Waals surface area contributed by atoms with Gasteiger partial charge in [-0.1, -0.05) is 46.3 Å². The third-order valence-electron chi connectivity index (χ3n) is 7.50. The van der Waals surface area contributed by atoms with E-state index in [-0.39, 0.29) is 37.2 Å². The maximum Gasteiger partial charge on any atom is 0.251 e. The first-order valence-corrected chi connectivity index (χ1v) is 14.4. The number of likely N-dealkylation sites (N-methyl/N-ethyl adjacent to an activating group) is 1. The fourth-order valence-corrected chi connectivity index (χ4v) is 5.53. The molecule has 3 aromatic carbocycles. The van der Waals surface area contributed by atoms with E-state index in [0.717, 1.165) is 26.4 Å². The molecule has 42 heavy (non-hydrogen) atoms. The lowest BCUT2D eigenvalue weighted by Gasteiger charge is -2.27. The molecule has 1 aliphatic heterocycles. The van der Waals surface area contributed by atoms with Crippen LogP contribution in [-0.2, 0) is 27.3 Å². The summed E-state index contributed by atoms with van der Waals surface area (Å²) in [5.41, 5.74) is 2.72. The van der Waals surface area contributed by atoms with Crippen LogP contribution in [0, 0.1) is 0 Å². The molecule has 0 aliphatic carbocycles. The summed E-state index contributed by atoms with van der Waals surface area (Å²) in [6.45, 7) is 1.86. The highest BCUT2D eigenvalue weighted by molar-refractivity contribution is 9.10. The Morgan fingerprint density at radius 2 is 1.88 bits per heavy atom. The number of nitrogens with one attached hydrogen (secondary N) is 2. The molecule has 0 saturated carbocycles. The summed E-state index contributed by atoms with van der Waals surface area (Å²) in [6.07, 6.45) is 3.40. The molecule has 5 rings (SSSR count). The van der Waals surface area contributed by atoms with Crippen molar-refractivity contribution in [1.82, 2.24) is 15.6 Å². The SMILES string of the molecule is CN[C@@H](C)C(=O)NC1CN(C(=O)Cc2cccnc2)c2ccccc2N(Cc2c(OC)ccc3cc(Br)ccc23)C1=O. The lowest BCUT2D eigenvalue weighted by Crippen LogP contribution is -2.55. The quantitative estimate of drug-likeness (QED) is 0.302. The molecule has 0 fully saturated rings. The number of hydrogen-bond donors (Lipinski definition) is 2. The van der Waals surface area contributed by atoms with Gasteiger partial charge in [-0.25, -0.2) is 0 Å². The number of aromatic nitrogens is 1. The number of nitrogens with zero attached hydrogens (tertiary/aromatic N) is 3. The topological polar surface area (TPSA) is 104 Å². The third-order valence-corrected chi connectivity index (χ3v) is 7.99. The summed E-state index contributed by atoms with van der Waals surface area (Å²) in [5.74, 6) is -0.243. The van der Waals surface area contributed by atoms with E-state index < -0.39 is 12.1 Å². The number of ether oxygens (including phenoxy) is 1. The maximum atomic E-state index is 14.4. The minimum atomic E-state index is -0.992. The predicted molar refractivity (Wildman–Crippen MR) is 167 cm³/mol. The van der Waals surface area contributed by atoms with Crippen molar-refractivity contribution < 1.29 is 19.1 Å². The Balaban J connectivity index is 1.62. The van der Waals surface area contributed by atoms with Gasteiger partial charge in [-0.05, 0) is 66.7 Å². The molecule has 1 aromatic heterocycles. The Kier molecular flexibility index (Phi) is 8.84. The zero-order valence-corrected chi connectivity index (χ0v) is 25.2. The van der Waals surface area contributed by atoms with Crippen LogP contribution in [-0.4, -0.2) is 55.5 Å². The van der Waals surface area contributed by atoms with Crippen molar-refractivity contribution in [2.75, 3.05) is 30.5 Å². The maximum absolute atomic E-state index is 14.4. The van der Waals surface area contributed by atoms with Gasteiger partial charge in [0.25, 0.3) is 5.91 Å². The molecular weight excluding hydrogens is 598 g/mol. The first-order chi connectivity index (χ1) is 20.3. The Morgan fingerprint density at radius 1 is 1.10 bits per heavy atom. The third kappa shape index (κ3) is 6.00. The smallest absolute Gasteiger partial charge is 0.251 e. The van der Waals surface area contributed by atoms with Gasteiger partial charge in [-0.3, -0.25) is 19.4 Å². The number of methoxy groups -OCH3 is 1. The molecule has 3 amide bonds. The van der Waals surface area contributed by atoms with Crippen LogP contribution in [0.15, 0.2) is 83.6 Å². The molecule has 1 unspecified atom stereocenters. The Bertz CT molecular complexity index is 1630. The molecule has 0 saturated heterocycles. The molecule has 2 heterocycles. The summed E-state index contributed by atoms with van der Waals surface area (Å²) in [7, 11) is 3.28. The number of para-hydroxylation sites is 2. The van der Waals surface area contributed by atoms with Crippen molar-refractivity contribution in [3.8, 4) is 5.75 Å². The van der Waals surface area contributed by atoms with Crippen molar-refractivity contribution in [3.05, 3.63) is 94.7 Å². The van der Waals surface area contributed by atoms with Gasteiger partial charge in [0.05, 0.1) is 44.0 Å². The van der Waals surface area contributed by atoms with Gasteiger partial charge >= 0.3 is 0 Å². The average Bonchev–Trinajstić information content (AvgIpc) is 3.11. The van der Waals surface area contributed by atoms with Gasteiger partial charge in [-0.15, -0.1) is 0 Å². The van der Waals surface area contributed by atoms with Gasteiger partial charge < -0.3 is 25.2 Å². The van der Waals surface area contributed by atoms with Crippen LogP contribution < -0.4 is 25.2 Å². The number of amides is 3. The lowest BCUT2D eigenvalue weighted by molar-refractivity contribution is -0.128. The molecule has 10 heteroatoms. The van der Waals surface area contributed by atoms with Gasteiger partial charge in [0, 0.05) is 22.4 Å². The molecule has 2 atom stereocenters. The molecule has 0 radical (unpaired) electrons. The van der Waals surface area contributed by atoms with Crippen LogP contribution in [0.4, 0.5) is 11.4 Å². The van der Waals surface area contributed by atoms with E-state index in [9.17, 15) is 14.4 Å². The van der Waals surface area contributed by atoms with Gasteiger partial charge in [0.2, 0.25) is 11.8 Å². The van der Waals surface area contributed by atoms with E-state index in [4.69, 9.17) is 4.74 Å². The fraction of sp³-hybridized carbons (Fsp3) is 0.250. The molecular formula is C32H32BrN5O4. The number of pyridine rings is 1. The van der Waals surface area contributed by atoms with Crippen LogP contribution in [0.25, 0.3) is 10.8 Å². The number of rotatable bonds is 8. The minimum Gasteiger partial charge on any atom is -0.496 e. The van der Waals surface area contributed by atoms with Crippen molar-refractivity contribution in [2.45, 2.75) is 32.0 Å². The number of halogens is 1. The van der Waals surface area contributed by atoms with Gasteiger partial charge in [-0.2, -0.15) is 0 Å². The summed E-state index contributed by atoms with van der Waals surface area (Å²) in [6, 6.07) is 19.2. The highest BCUT2D eigenvalue weighted by Crippen LogP contribution is 2.37.